The van der Waals surface area contributed by atoms with Crippen LogP contribution in [0.3, 0.4) is 0 Å². The van der Waals surface area contributed by atoms with E-state index in [-0.39, 0.29) is 24.1 Å². The summed E-state index contributed by atoms with van der Waals surface area (Å²) in [5.41, 5.74) is 0. The Balaban J connectivity index is 5.48. The van der Waals surface area contributed by atoms with Crippen molar-refractivity contribution in [1.82, 2.24) is 0 Å². The fourth-order valence-corrected chi connectivity index (χ4v) is 4.73. The highest BCUT2D eigenvalue weighted by molar-refractivity contribution is 5.71. The molecule has 204 valence electrons. The number of nitrogens with zero attached hydrogens (tertiary/aromatic N) is 1. The van der Waals surface area contributed by atoms with E-state index >= 15 is 0 Å². The monoisotopic (exact) mass is 497 g/mol. The van der Waals surface area contributed by atoms with Gasteiger partial charge in [0.1, 0.15) is 11.8 Å². The molecule has 0 amide bonds. The molecule has 0 fully saturated rings. The van der Waals surface area contributed by atoms with Gasteiger partial charge in [-0.15, -0.1) is 0 Å². The predicted molar refractivity (Wildman–Crippen MR) is 137 cm³/mol. The van der Waals surface area contributed by atoms with E-state index in [1.54, 1.807) is 20.8 Å². The number of quaternary nitrogens is 1. The Kier molecular flexibility index (Phi) is 18.3. The van der Waals surface area contributed by atoms with Gasteiger partial charge in [-0.05, 0) is 38.2 Å². The van der Waals surface area contributed by atoms with Gasteiger partial charge in [-0.1, -0.05) is 79.1 Å². The standard InChI is InChI=1S/C28H51NO6/c1-5-9-10-11-12-13-14-15-16-17-18-19-29(20-23(6-2)26(30)31,21-24(7-3)27(32)33)22-25(8-4)28(34)35/h18-19,23-25H,5-17,20-22H2,1-4H3,(H2-,30,31,32,33,34,35)/b19-18+. The number of carboxylic acid groups (broad SMARTS) is 3. The Morgan fingerprint density at radius 3 is 1.46 bits per heavy atom. The molecule has 0 spiro atoms. The van der Waals surface area contributed by atoms with Crippen LogP contribution in [0, 0.1) is 17.8 Å². The van der Waals surface area contributed by atoms with Gasteiger partial charge in [-0.2, -0.15) is 0 Å². The Hall–Kier alpha value is -1.89. The maximum Gasteiger partial charge on any atom is 0.312 e. The quantitative estimate of drug-likeness (QED) is 0.147. The first-order valence-electron chi connectivity index (χ1n) is 13.9. The first kappa shape index (κ1) is 33.1. The van der Waals surface area contributed by atoms with Crippen LogP contribution in [-0.2, 0) is 14.4 Å². The SMILES string of the molecule is CCCCCCCCCCC/C=C/[N+](CC(CC)C(=O)[O-])(CC(CC)C(=O)O)CC(CC)C(=O)O. The molecule has 0 aliphatic rings. The molecule has 0 aliphatic carbocycles. The van der Waals surface area contributed by atoms with Crippen LogP contribution in [0.15, 0.2) is 12.3 Å². The van der Waals surface area contributed by atoms with Gasteiger partial charge in [0, 0.05) is 5.92 Å². The zero-order valence-corrected chi connectivity index (χ0v) is 22.7. The van der Waals surface area contributed by atoms with Crippen LogP contribution in [0.4, 0.5) is 0 Å². The minimum Gasteiger partial charge on any atom is -0.550 e. The summed E-state index contributed by atoms with van der Waals surface area (Å²) < 4.78 is 0.0412. The molecule has 35 heavy (non-hydrogen) atoms. The molecular formula is C28H51NO6. The molecule has 3 atom stereocenters. The van der Waals surface area contributed by atoms with Crippen molar-refractivity contribution in [2.24, 2.45) is 17.8 Å². The number of hydrogen-bond acceptors (Lipinski definition) is 4. The van der Waals surface area contributed by atoms with E-state index < -0.39 is 35.7 Å². The van der Waals surface area contributed by atoms with Crippen molar-refractivity contribution in [3.8, 4) is 0 Å². The highest BCUT2D eigenvalue weighted by Crippen LogP contribution is 2.25. The van der Waals surface area contributed by atoms with E-state index in [0.29, 0.717) is 19.3 Å². The lowest BCUT2D eigenvalue weighted by Gasteiger charge is -2.41. The highest BCUT2D eigenvalue weighted by atomic mass is 16.4. The third kappa shape index (κ3) is 14.3. The van der Waals surface area contributed by atoms with Crippen LogP contribution >= 0.6 is 0 Å². The fourth-order valence-electron chi connectivity index (χ4n) is 4.73. The number of hydrogen-bond donors (Lipinski definition) is 2. The summed E-state index contributed by atoms with van der Waals surface area (Å²) in [6.45, 7) is 8.07. The zero-order chi connectivity index (χ0) is 26.7. The summed E-state index contributed by atoms with van der Waals surface area (Å²) in [5, 5.41) is 31.2. The van der Waals surface area contributed by atoms with Crippen molar-refractivity contribution in [3.05, 3.63) is 12.3 Å². The molecule has 0 rings (SSSR count). The van der Waals surface area contributed by atoms with E-state index in [1.165, 1.54) is 44.9 Å². The lowest BCUT2D eigenvalue weighted by atomic mass is 9.96. The molecule has 7 nitrogen and oxygen atoms in total. The number of allylic oxidation sites excluding steroid dienone is 1. The molecule has 0 radical (unpaired) electrons. The molecule has 0 aromatic carbocycles. The van der Waals surface area contributed by atoms with E-state index in [4.69, 9.17) is 0 Å². The lowest BCUT2D eigenvalue weighted by Crippen LogP contribution is -2.55. The molecule has 0 aliphatic heterocycles. The van der Waals surface area contributed by atoms with Crippen LogP contribution < -0.4 is 5.11 Å². The van der Waals surface area contributed by atoms with Gasteiger partial charge >= 0.3 is 11.9 Å². The summed E-state index contributed by atoms with van der Waals surface area (Å²) in [5.74, 6) is -5.19. The summed E-state index contributed by atoms with van der Waals surface area (Å²) >= 11 is 0. The number of carboxylic acids is 3. The summed E-state index contributed by atoms with van der Waals surface area (Å²) in [6.07, 6.45) is 16.9. The second-order valence-electron chi connectivity index (χ2n) is 10.1. The van der Waals surface area contributed by atoms with Crippen LogP contribution in [0.5, 0.6) is 0 Å². The van der Waals surface area contributed by atoms with Gasteiger partial charge in [0.15, 0.2) is 0 Å². The van der Waals surface area contributed by atoms with E-state index in [9.17, 15) is 29.7 Å². The molecule has 2 N–H and O–H groups in total. The molecule has 0 bridgehead atoms. The molecule has 0 heterocycles. The fraction of sp³-hybridized carbons (Fsp3) is 0.821. The first-order chi connectivity index (χ1) is 16.7. The average Bonchev–Trinajstić information content (AvgIpc) is 2.82. The number of rotatable bonds is 23. The minimum absolute atomic E-state index is 0.0412. The van der Waals surface area contributed by atoms with Crippen LogP contribution in [0.1, 0.15) is 111 Å². The maximum absolute atomic E-state index is 11.9. The van der Waals surface area contributed by atoms with Gasteiger partial charge in [0.05, 0.1) is 31.8 Å². The second kappa shape index (κ2) is 19.3. The van der Waals surface area contributed by atoms with Gasteiger partial charge in [-0.25, -0.2) is 0 Å². The topological polar surface area (TPSA) is 115 Å². The molecule has 0 saturated heterocycles. The normalized spacial score (nSPS) is 16.0. The van der Waals surface area contributed by atoms with Crippen molar-refractivity contribution in [3.63, 3.8) is 0 Å². The van der Waals surface area contributed by atoms with Crippen molar-refractivity contribution in [2.75, 3.05) is 19.6 Å². The van der Waals surface area contributed by atoms with Crippen LogP contribution in [0.25, 0.3) is 0 Å². The Morgan fingerprint density at radius 1 is 0.686 bits per heavy atom. The van der Waals surface area contributed by atoms with Crippen molar-refractivity contribution >= 4 is 17.9 Å². The second-order valence-corrected chi connectivity index (χ2v) is 10.1. The Labute approximate surface area is 213 Å². The smallest absolute Gasteiger partial charge is 0.312 e. The number of carbonyl (C=O) groups excluding carboxylic acids is 1. The number of aliphatic carboxylic acids is 3. The third-order valence-electron chi connectivity index (χ3n) is 7.16. The van der Waals surface area contributed by atoms with Gasteiger partial charge in [0.25, 0.3) is 0 Å². The summed E-state index contributed by atoms with van der Waals surface area (Å²) in [7, 11) is 0. The molecule has 3 unspecified atom stereocenters. The summed E-state index contributed by atoms with van der Waals surface area (Å²) in [4.78, 5) is 35.5. The van der Waals surface area contributed by atoms with Gasteiger partial charge in [-0.3, -0.25) is 14.1 Å². The van der Waals surface area contributed by atoms with Gasteiger partial charge in [0.2, 0.25) is 0 Å². The van der Waals surface area contributed by atoms with Gasteiger partial charge < -0.3 is 20.1 Å². The molecule has 0 aromatic rings. The lowest BCUT2D eigenvalue weighted by molar-refractivity contribution is -0.887. The van der Waals surface area contributed by atoms with Crippen molar-refractivity contribution < 1.29 is 34.2 Å². The van der Waals surface area contributed by atoms with Crippen LogP contribution in [0.2, 0.25) is 0 Å². The summed E-state index contributed by atoms with van der Waals surface area (Å²) in [6, 6.07) is 0. The number of unbranched alkanes of at least 4 members (excludes halogenated alkanes) is 9. The van der Waals surface area contributed by atoms with E-state index in [2.05, 4.69) is 6.92 Å². The minimum atomic E-state index is -1.17. The van der Waals surface area contributed by atoms with Crippen molar-refractivity contribution in [1.29, 1.82) is 0 Å². The first-order valence-corrected chi connectivity index (χ1v) is 13.9. The highest BCUT2D eigenvalue weighted by Gasteiger charge is 2.38. The number of carbonyl (C=O) groups is 3. The van der Waals surface area contributed by atoms with E-state index in [1.807, 2.05) is 12.3 Å². The molecular weight excluding hydrogens is 446 g/mol. The Morgan fingerprint density at radius 2 is 1.09 bits per heavy atom. The third-order valence-corrected chi connectivity index (χ3v) is 7.16. The molecule has 0 saturated carbocycles. The Bertz CT molecular complexity index is 573. The average molecular weight is 498 g/mol. The largest absolute Gasteiger partial charge is 0.550 e. The van der Waals surface area contributed by atoms with E-state index in [0.717, 1.165) is 19.3 Å². The molecule has 0 aromatic heterocycles. The van der Waals surface area contributed by atoms with Crippen LogP contribution in [-0.4, -0.2) is 52.2 Å². The predicted octanol–water partition coefficient (Wildman–Crippen LogP) is 5.24. The maximum atomic E-state index is 11.9. The van der Waals surface area contributed by atoms with Crippen molar-refractivity contribution in [2.45, 2.75) is 111 Å². The molecule has 7 heteroatoms. The zero-order valence-electron chi connectivity index (χ0n) is 22.7.